The summed E-state index contributed by atoms with van der Waals surface area (Å²) in [6.07, 6.45) is 2.97. The van der Waals surface area contributed by atoms with Crippen LogP contribution in [0.15, 0.2) is 42.5 Å². The second-order valence-electron chi connectivity index (χ2n) is 5.03. The summed E-state index contributed by atoms with van der Waals surface area (Å²) in [7, 11) is 3.09. The number of carbonyl (C=O) groups is 2. The third-order valence-electron chi connectivity index (χ3n) is 3.30. The van der Waals surface area contributed by atoms with Gasteiger partial charge in [-0.3, -0.25) is 9.59 Å². The van der Waals surface area contributed by atoms with E-state index >= 15 is 0 Å². The predicted octanol–water partition coefficient (Wildman–Crippen LogP) is 3.11. The fraction of sp³-hybridized carbons (Fsp3) is 0.111. The average molecular weight is 361 g/mol. The molecule has 2 amide bonds. The van der Waals surface area contributed by atoms with Crippen molar-refractivity contribution in [3.05, 3.63) is 58.6 Å². The predicted molar refractivity (Wildman–Crippen MR) is 97.2 cm³/mol. The van der Waals surface area contributed by atoms with Crippen molar-refractivity contribution in [1.29, 1.82) is 0 Å². The Bertz CT molecular complexity index is 812. The van der Waals surface area contributed by atoms with Crippen molar-refractivity contribution in [3.63, 3.8) is 0 Å². The first kappa shape index (κ1) is 18.4. The molecule has 2 rings (SSSR count). The monoisotopic (exact) mass is 360 g/mol. The maximum absolute atomic E-state index is 12.1. The number of carbonyl (C=O) groups excluding carboxylic acids is 2. The minimum atomic E-state index is -0.667. The van der Waals surface area contributed by atoms with Gasteiger partial charge in [0.05, 0.1) is 24.8 Å². The van der Waals surface area contributed by atoms with Crippen LogP contribution in [0.4, 0.5) is 5.69 Å². The molecule has 0 unspecified atom stereocenters. The molecule has 0 atom stereocenters. The van der Waals surface area contributed by atoms with Crippen LogP contribution in [0.1, 0.15) is 15.9 Å². The average Bonchev–Trinajstić information content (AvgIpc) is 2.61. The Kier molecular flexibility index (Phi) is 6.03. The van der Waals surface area contributed by atoms with E-state index in [0.29, 0.717) is 17.2 Å². The molecule has 0 saturated heterocycles. The highest BCUT2D eigenvalue weighted by atomic mass is 35.5. The van der Waals surface area contributed by atoms with E-state index in [9.17, 15) is 9.59 Å². The summed E-state index contributed by atoms with van der Waals surface area (Å²) in [5.41, 5.74) is 6.52. The van der Waals surface area contributed by atoms with Crippen LogP contribution in [0.25, 0.3) is 6.08 Å². The van der Waals surface area contributed by atoms with Crippen LogP contribution >= 0.6 is 11.6 Å². The molecule has 3 N–H and O–H groups in total. The van der Waals surface area contributed by atoms with Crippen LogP contribution in [-0.2, 0) is 4.79 Å². The van der Waals surface area contributed by atoms with E-state index in [0.717, 1.165) is 5.56 Å². The fourth-order valence-corrected chi connectivity index (χ4v) is 2.28. The van der Waals surface area contributed by atoms with Crippen LogP contribution in [0.5, 0.6) is 11.5 Å². The molecule has 25 heavy (non-hydrogen) atoms. The number of nitrogens with two attached hydrogens (primary N) is 1. The van der Waals surface area contributed by atoms with E-state index in [-0.39, 0.29) is 16.5 Å². The Morgan fingerprint density at radius 1 is 1.08 bits per heavy atom. The smallest absolute Gasteiger partial charge is 0.250 e. The van der Waals surface area contributed by atoms with Crippen LogP contribution in [0, 0.1) is 0 Å². The summed E-state index contributed by atoms with van der Waals surface area (Å²) < 4.78 is 10.4. The molecule has 6 nitrogen and oxygen atoms in total. The Labute approximate surface area is 150 Å². The molecule has 0 aliphatic rings. The fourth-order valence-electron chi connectivity index (χ4n) is 2.07. The lowest BCUT2D eigenvalue weighted by Gasteiger charge is -2.07. The Morgan fingerprint density at radius 3 is 2.28 bits per heavy atom. The van der Waals surface area contributed by atoms with Gasteiger partial charge < -0.3 is 20.5 Å². The number of benzene rings is 2. The number of methoxy groups -OCH3 is 2. The zero-order valence-corrected chi connectivity index (χ0v) is 14.5. The van der Waals surface area contributed by atoms with Crippen molar-refractivity contribution in [2.45, 2.75) is 0 Å². The first-order valence-corrected chi connectivity index (χ1v) is 7.62. The van der Waals surface area contributed by atoms with Crippen molar-refractivity contribution in [3.8, 4) is 11.5 Å². The molecule has 2 aromatic rings. The summed E-state index contributed by atoms with van der Waals surface area (Å²) in [6.45, 7) is 0. The molecular weight excluding hydrogens is 344 g/mol. The van der Waals surface area contributed by atoms with Gasteiger partial charge in [0, 0.05) is 17.8 Å². The van der Waals surface area contributed by atoms with Gasteiger partial charge in [-0.05, 0) is 42.0 Å². The van der Waals surface area contributed by atoms with Gasteiger partial charge >= 0.3 is 0 Å². The van der Waals surface area contributed by atoms with Crippen LogP contribution in [0.3, 0.4) is 0 Å². The summed E-state index contributed by atoms with van der Waals surface area (Å²) in [4.78, 5) is 23.3. The summed E-state index contributed by atoms with van der Waals surface area (Å²) in [5.74, 6) is 0.186. The van der Waals surface area contributed by atoms with Crippen molar-refractivity contribution in [1.82, 2.24) is 0 Å². The molecule has 0 aliphatic carbocycles. The minimum Gasteiger partial charge on any atom is -0.497 e. The molecule has 0 radical (unpaired) electrons. The van der Waals surface area contributed by atoms with Crippen molar-refractivity contribution >= 4 is 35.2 Å². The highest BCUT2D eigenvalue weighted by Crippen LogP contribution is 2.23. The van der Waals surface area contributed by atoms with Crippen molar-refractivity contribution < 1.29 is 19.1 Å². The minimum absolute atomic E-state index is 0.140. The lowest BCUT2D eigenvalue weighted by molar-refractivity contribution is -0.111. The molecule has 0 saturated carbocycles. The quantitative estimate of drug-likeness (QED) is 0.774. The Morgan fingerprint density at radius 2 is 1.72 bits per heavy atom. The molecule has 7 heteroatoms. The maximum atomic E-state index is 12.1. The highest BCUT2D eigenvalue weighted by molar-refractivity contribution is 6.34. The number of hydrogen-bond donors (Lipinski definition) is 2. The number of amides is 2. The SMILES string of the molecule is COc1cc(C=CC(=O)Nc2ccc(Cl)c(C(N)=O)c2)cc(OC)c1. The third kappa shape index (κ3) is 4.99. The summed E-state index contributed by atoms with van der Waals surface area (Å²) in [6, 6.07) is 9.75. The first-order valence-electron chi connectivity index (χ1n) is 7.24. The highest BCUT2D eigenvalue weighted by Gasteiger charge is 2.08. The van der Waals surface area contributed by atoms with Crippen LogP contribution in [0.2, 0.25) is 5.02 Å². The normalized spacial score (nSPS) is 10.5. The molecule has 0 aliphatic heterocycles. The standard InChI is InChI=1S/C18H17ClN2O4/c1-24-13-7-11(8-14(10-13)25-2)3-6-17(22)21-12-4-5-16(19)15(9-12)18(20)23/h3-10H,1-2H3,(H2,20,23)(H,21,22). The van der Waals surface area contributed by atoms with Crippen molar-refractivity contribution in [2.75, 3.05) is 19.5 Å². The lowest BCUT2D eigenvalue weighted by atomic mass is 10.1. The number of halogens is 1. The van der Waals surface area contributed by atoms with E-state index in [4.69, 9.17) is 26.8 Å². The molecule has 0 bridgehead atoms. The first-order chi connectivity index (χ1) is 11.9. The number of anilines is 1. The lowest BCUT2D eigenvalue weighted by Crippen LogP contribution is -2.13. The van der Waals surface area contributed by atoms with Gasteiger partial charge in [0.1, 0.15) is 11.5 Å². The van der Waals surface area contributed by atoms with Gasteiger partial charge in [0.2, 0.25) is 11.8 Å². The van der Waals surface area contributed by atoms with E-state index in [1.165, 1.54) is 18.2 Å². The number of primary amides is 1. The van der Waals surface area contributed by atoms with Gasteiger partial charge in [-0.15, -0.1) is 0 Å². The molecule has 0 spiro atoms. The van der Waals surface area contributed by atoms with Crippen molar-refractivity contribution in [2.24, 2.45) is 5.73 Å². The number of ether oxygens (including phenoxy) is 2. The van der Waals surface area contributed by atoms with E-state index in [2.05, 4.69) is 5.32 Å². The molecule has 2 aromatic carbocycles. The molecule has 0 fully saturated rings. The van der Waals surface area contributed by atoms with Gasteiger partial charge in [-0.25, -0.2) is 0 Å². The third-order valence-corrected chi connectivity index (χ3v) is 3.63. The van der Waals surface area contributed by atoms with Crippen LogP contribution in [-0.4, -0.2) is 26.0 Å². The zero-order chi connectivity index (χ0) is 18.4. The molecular formula is C18H17ClN2O4. The Balaban J connectivity index is 2.13. The number of hydrogen-bond acceptors (Lipinski definition) is 4. The number of rotatable bonds is 6. The largest absolute Gasteiger partial charge is 0.497 e. The number of nitrogens with one attached hydrogen (secondary N) is 1. The second kappa shape index (κ2) is 8.21. The van der Waals surface area contributed by atoms with Gasteiger partial charge in [0.25, 0.3) is 0 Å². The van der Waals surface area contributed by atoms with Gasteiger partial charge in [0.15, 0.2) is 0 Å². The molecule has 0 aromatic heterocycles. The van der Waals surface area contributed by atoms with E-state index < -0.39 is 5.91 Å². The van der Waals surface area contributed by atoms with Gasteiger partial charge in [-0.2, -0.15) is 0 Å². The summed E-state index contributed by atoms with van der Waals surface area (Å²) in [5, 5.41) is 2.86. The Hall–Kier alpha value is -2.99. The second-order valence-corrected chi connectivity index (χ2v) is 5.43. The van der Waals surface area contributed by atoms with E-state index in [1.807, 2.05) is 0 Å². The maximum Gasteiger partial charge on any atom is 0.250 e. The zero-order valence-electron chi connectivity index (χ0n) is 13.7. The summed E-state index contributed by atoms with van der Waals surface area (Å²) >= 11 is 5.87. The van der Waals surface area contributed by atoms with E-state index in [1.54, 1.807) is 44.6 Å². The molecule has 130 valence electrons. The molecule has 0 heterocycles. The topological polar surface area (TPSA) is 90.6 Å². The van der Waals surface area contributed by atoms with Crippen LogP contribution < -0.4 is 20.5 Å². The van der Waals surface area contributed by atoms with Gasteiger partial charge in [-0.1, -0.05) is 11.6 Å².